The van der Waals surface area contributed by atoms with Gasteiger partial charge in [0.1, 0.15) is 0 Å². The molecule has 29 heavy (non-hydrogen) atoms. The number of amides is 2. The minimum atomic E-state index is -0.00493. The van der Waals surface area contributed by atoms with E-state index in [0.29, 0.717) is 17.0 Å². The Morgan fingerprint density at radius 1 is 1.03 bits per heavy atom. The van der Waals surface area contributed by atoms with E-state index in [1.807, 2.05) is 62.5 Å². The van der Waals surface area contributed by atoms with Crippen molar-refractivity contribution >= 4 is 23.4 Å². The third-order valence-corrected chi connectivity index (χ3v) is 5.54. The quantitative estimate of drug-likeness (QED) is 0.768. The third-order valence-electron chi connectivity index (χ3n) is 5.29. The van der Waals surface area contributed by atoms with E-state index in [9.17, 15) is 9.59 Å². The molecule has 1 saturated carbocycles. The maximum absolute atomic E-state index is 12.8. The highest BCUT2D eigenvalue weighted by Gasteiger charge is 2.30. The SMILES string of the molecule is CCC(=O)N[C@H]1CC[C@@H](N(C)C(=O)c2ccc(C#Cc3ccc(Cl)cc3)cc2)C1. The summed E-state index contributed by atoms with van der Waals surface area (Å²) in [6.07, 6.45) is 3.11. The fraction of sp³-hybridized carbons (Fsp3) is 0.333. The van der Waals surface area contributed by atoms with E-state index in [4.69, 9.17) is 11.6 Å². The Bertz CT molecular complexity index is 926. The highest BCUT2D eigenvalue weighted by molar-refractivity contribution is 6.30. The Hall–Kier alpha value is -2.77. The molecule has 2 atom stereocenters. The Balaban J connectivity index is 1.60. The van der Waals surface area contributed by atoms with Gasteiger partial charge in [-0.1, -0.05) is 30.4 Å². The Labute approximate surface area is 177 Å². The van der Waals surface area contributed by atoms with Crippen LogP contribution in [0.1, 0.15) is 54.1 Å². The fourth-order valence-corrected chi connectivity index (χ4v) is 3.64. The number of halogens is 1. The lowest BCUT2D eigenvalue weighted by Crippen LogP contribution is -2.38. The molecule has 5 heteroatoms. The average Bonchev–Trinajstić information content (AvgIpc) is 3.21. The fourth-order valence-electron chi connectivity index (χ4n) is 3.51. The van der Waals surface area contributed by atoms with Crippen molar-refractivity contribution < 1.29 is 9.59 Å². The number of carbonyl (C=O) groups is 2. The van der Waals surface area contributed by atoms with Gasteiger partial charge in [-0.3, -0.25) is 9.59 Å². The standard InChI is InChI=1S/C24H25ClN2O2/c1-3-23(28)26-21-14-15-22(16-21)27(2)24(29)19-10-6-17(7-11-19)4-5-18-8-12-20(25)13-9-18/h6-13,21-22H,3,14-16H2,1-2H3,(H,26,28)/t21-,22+/m0/s1. The summed E-state index contributed by atoms with van der Waals surface area (Å²) < 4.78 is 0. The summed E-state index contributed by atoms with van der Waals surface area (Å²) in [4.78, 5) is 26.2. The Morgan fingerprint density at radius 3 is 2.21 bits per heavy atom. The van der Waals surface area contributed by atoms with Gasteiger partial charge in [0.2, 0.25) is 5.91 Å². The largest absolute Gasteiger partial charge is 0.353 e. The Kier molecular flexibility index (Phi) is 6.95. The summed E-state index contributed by atoms with van der Waals surface area (Å²) in [5.74, 6) is 6.26. The lowest BCUT2D eigenvalue weighted by molar-refractivity contribution is -0.121. The molecule has 0 spiro atoms. The van der Waals surface area contributed by atoms with E-state index >= 15 is 0 Å². The molecule has 0 bridgehead atoms. The van der Waals surface area contributed by atoms with Gasteiger partial charge in [0.25, 0.3) is 5.91 Å². The monoisotopic (exact) mass is 408 g/mol. The number of carbonyl (C=O) groups excluding carboxylic acids is 2. The summed E-state index contributed by atoms with van der Waals surface area (Å²) in [7, 11) is 1.84. The first-order chi connectivity index (χ1) is 14.0. The smallest absolute Gasteiger partial charge is 0.253 e. The highest BCUT2D eigenvalue weighted by atomic mass is 35.5. The van der Waals surface area contributed by atoms with Crippen molar-refractivity contribution in [3.05, 3.63) is 70.2 Å². The van der Waals surface area contributed by atoms with Crippen LogP contribution in [0, 0.1) is 11.8 Å². The molecule has 1 aliphatic rings. The van der Waals surface area contributed by atoms with E-state index in [-0.39, 0.29) is 23.9 Å². The van der Waals surface area contributed by atoms with Crippen LogP contribution in [0.15, 0.2) is 48.5 Å². The lowest BCUT2D eigenvalue weighted by atomic mass is 10.1. The molecule has 2 aromatic rings. The van der Waals surface area contributed by atoms with Gasteiger partial charge in [-0.25, -0.2) is 0 Å². The van der Waals surface area contributed by atoms with E-state index < -0.39 is 0 Å². The molecule has 1 fully saturated rings. The van der Waals surface area contributed by atoms with E-state index in [0.717, 1.165) is 30.4 Å². The molecule has 2 amide bonds. The van der Waals surface area contributed by atoms with Gasteiger partial charge in [-0.15, -0.1) is 0 Å². The zero-order valence-corrected chi connectivity index (χ0v) is 17.5. The second-order valence-corrected chi connectivity index (χ2v) is 7.77. The second kappa shape index (κ2) is 9.62. The van der Waals surface area contributed by atoms with Crippen LogP contribution in [-0.2, 0) is 4.79 Å². The maximum atomic E-state index is 12.8. The average molecular weight is 409 g/mol. The van der Waals surface area contributed by atoms with Crippen LogP contribution in [0.25, 0.3) is 0 Å². The molecule has 150 valence electrons. The van der Waals surface area contributed by atoms with Crippen LogP contribution in [0.3, 0.4) is 0 Å². The number of nitrogens with one attached hydrogen (secondary N) is 1. The van der Waals surface area contributed by atoms with Crippen molar-refractivity contribution in [2.24, 2.45) is 0 Å². The number of hydrogen-bond acceptors (Lipinski definition) is 2. The van der Waals surface area contributed by atoms with Crippen molar-refractivity contribution in [2.45, 2.75) is 44.7 Å². The van der Waals surface area contributed by atoms with Crippen molar-refractivity contribution in [1.82, 2.24) is 10.2 Å². The van der Waals surface area contributed by atoms with Crippen LogP contribution in [-0.4, -0.2) is 35.8 Å². The first-order valence-corrected chi connectivity index (χ1v) is 10.3. The van der Waals surface area contributed by atoms with Gasteiger partial charge < -0.3 is 10.2 Å². The van der Waals surface area contributed by atoms with Crippen molar-refractivity contribution in [3.63, 3.8) is 0 Å². The zero-order valence-electron chi connectivity index (χ0n) is 16.7. The van der Waals surface area contributed by atoms with Gasteiger partial charge in [-0.2, -0.15) is 0 Å². The third kappa shape index (κ3) is 5.62. The molecule has 0 aliphatic heterocycles. The first-order valence-electron chi connectivity index (χ1n) is 9.90. The first kappa shape index (κ1) is 21.0. The predicted molar refractivity (Wildman–Crippen MR) is 116 cm³/mol. The lowest BCUT2D eigenvalue weighted by Gasteiger charge is -2.25. The number of benzene rings is 2. The van der Waals surface area contributed by atoms with E-state index in [1.165, 1.54) is 0 Å². The summed E-state index contributed by atoms with van der Waals surface area (Å²) >= 11 is 5.88. The molecule has 0 unspecified atom stereocenters. The topological polar surface area (TPSA) is 49.4 Å². The molecule has 0 aromatic heterocycles. The normalized spacial score (nSPS) is 17.9. The molecule has 0 radical (unpaired) electrons. The molecular formula is C24H25ClN2O2. The van der Waals surface area contributed by atoms with Crippen molar-refractivity contribution in [1.29, 1.82) is 0 Å². The van der Waals surface area contributed by atoms with Crippen molar-refractivity contribution in [2.75, 3.05) is 7.05 Å². The minimum absolute atomic E-state index is 0.00493. The summed E-state index contributed by atoms with van der Waals surface area (Å²) in [6.45, 7) is 1.85. The maximum Gasteiger partial charge on any atom is 0.253 e. The number of hydrogen-bond donors (Lipinski definition) is 1. The van der Waals surface area contributed by atoms with E-state index in [1.54, 1.807) is 4.90 Å². The summed E-state index contributed by atoms with van der Waals surface area (Å²) in [5, 5.41) is 3.71. The molecule has 1 N–H and O–H groups in total. The van der Waals surface area contributed by atoms with Crippen LogP contribution in [0.5, 0.6) is 0 Å². The highest BCUT2D eigenvalue weighted by Crippen LogP contribution is 2.25. The van der Waals surface area contributed by atoms with Crippen LogP contribution in [0.2, 0.25) is 5.02 Å². The molecule has 2 aromatic carbocycles. The molecule has 4 nitrogen and oxygen atoms in total. The van der Waals surface area contributed by atoms with E-state index in [2.05, 4.69) is 17.2 Å². The zero-order chi connectivity index (χ0) is 20.8. The molecule has 3 rings (SSSR count). The minimum Gasteiger partial charge on any atom is -0.353 e. The predicted octanol–water partition coefficient (Wildman–Crippen LogP) is 4.26. The number of rotatable bonds is 4. The molecule has 0 heterocycles. The number of nitrogens with zero attached hydrogens (tertiary/aromatic N) is 1. The van der Waals surface area contributed by atoms with Gasteiger partial charge in [0, 0.05) is 47.3 Å². The van der Waals surface area contributed by atoms with Crippen molar-refractivity contribution in [3.8, 4) is 11.8 Å². The van der Waals surface area contributed by atoms with Crippen LogP contribution in [0.4, 0.5) is 0 Å². The van der Waals surface area contributed by atoms with Gasteiger partial charge >= 0.3 is 0 Å². The summed E-state index contributed by atoms with van der Waals surface area (Å²) in [5.41, 5.74) is 2.38. The second-order valence-electron chi connectivity index (χ2n) is 7.34. The van der Waals surface area contributed by atoms with Crippen LogP contribution >= 0.6 is 11.6 Å². The molecule has 0 saturated heterocycles. The van der Waals surface area contributed by atoms with Gasteiger partial charge in [-0.05, 0) is 67.8 Å². The Morgan fingerprint density at radius 2 is 1.62 bits per heavy atom. The summed E-state index contributed by atoms with van der Waals surface area (Å²) in [6, 6.07) is 15.0. The van der Waals surface area contributed by atoms with Gasteiger partial charge in [0.05, 0.1) is 0 Å². The van der Waals surface area contributed by atoms with Gasteiger partial charge in [0.15, 0.2) is 0 Å². The van der Waals surface area contributed by atoms with Crippen LogP contribution < -0.4 is 5.32 Å². The molecular weight excluding hydrogens is 384 g/mol. The molecule has 1 aliphatic carbocycles.